The average Bonchev–Trinajstić information content (AvgIpc) is 2.18. The summed E-state index contributed by atoms with van der Waals surface area (Å²) in [6.45, 7) is 0. The van der Waals surface area contributed by atoms with Crippen molar-refractivity contribution in [1.29, 1.82) is 0 Å². The molecule has 0 fully saturated rings. The van der Waals surface area contributed by atoms with Gasteiger partial charge in [0.15, 0.2) is 0 Å². The Kier molecular flexibility index (Phi) is 3.66. The maximum absolute atomic E-state index is 12.7. The summed E-state index contributed by atoms with van der Waals surface area (Å²) >= 11 is 4.82. The molecule has 9 heteroatoms. The lowest BCUT2D eigenvalue weighted by Crippen LogP contribution is -2.16. The zero-order valence-corrected chi connectivity index (χ0v) is 8.59. The van der Waals surface area contributed by atoms with Crippen molar-refractivity contribution >= 4 is 28.1 Å². The van der Waals surface area contributed by atoms with E-state index in [4.69, 9.17) is 11.6 Å². The Bertz CT molecular complexity index is 487. The Morgan fingerprint density at radius 3 is 2.47 bits per heavy atom. The third kappa shape index (κ3) is 3.38. The minimum atomic E-state index is -4.91. The normalized spacial score (nSPS) is 12.6. The highest BCUT2D eigenvalue weighted by Gasteiger charge is 2.35. The fourth-order valence-corrected chi connectivity index (χ4v) is 0.998. The van der Waals surface area contributed by atoms with E-state index in [1.54, 1.807) is 0 Å². The standard InChI is InChI=1S/C8H3ClF4N2O2/c9-7(8(11,12)13)14-5-2-1-4(10)3-6(5)15(16)17/h1-3H. The predicted octanol–water partition coefficient (Wildman–Crippen LogP) is 3.57. The molecule has 92 valence electrons. The van der Waals surface area contributed by atoms with E-state index in [0.717, 1.165) is 12.1 Å². The van der Waals surface area contributed by atoms with Crippen LogP contribution in [0.2, 0.25) is 0 Å². The fraction of sp³-hybridized carbons (Fsp3) is 0.125. The molecule has 0 unspecified atom stereocenters. The first-order valence-corrected chi connectivity index (χ1v) is 4.35. The van der Waals surface area contributed by atoms with Gasteiger partial charge >= 0.3 is 6.18 Å². The van der Waals surface area contributed by atoms with Gasteiger partial charge in [-0.25, -0.2) is 9.38 Å². The van der Waals surface area contributed by atoms with Gasteiger partial charge in [-0.2, -0.15) is 13.2 Å². The lowest BCUT2D eigenvalue weighted by atomic mass is 10.2. The number of benzene rings is 1. The van der Waals surface area contributed by atoms with Crippen molar-refractivity contribution < 1.29 is 22.5 Å². The van der Waals surface area contributed by atoms with Crippen molar-refractivity contribution in [3.05, 3.63) is 34.1 Å². The summed E-state index contributed by atoms with van der Waals surface area (Å²) < 4.78 is 48.8. The molecule has 0 aromatic heterocycles. The van der Waals surface area contributed by atoms with Crippen molar-refractivity contribution in [2.24, 2.45) is 4.99 Å². The number of nitrogens with zero attached hydrogens (tertiary/aromatic N) is 2. The molecule has 0 aliphatic carbocycles. The van der Waals surface area contributed by atoms with Crippen LogP contribution in [0.25, 0.3) is 0 Å². The summed E-state index contributed by atoms with van der Waals surface area (Å²) in [5, 5.41) is 8.68. The van der Waals surface area contributed by atoms with Crippen molar-refractivity contribution in [3.63, 3.8) is 0 Å². The second-order valence-corrected chi connectivity index (χ2v) is 3.15. The zero-order valence-electron chi connectivity index (χ0n) is 7.83. The van der Waals surface area contributed by atoms with Crippen LogP contribution in [0.1, 0.15) is 0 Å². The van der Waals surface area contributed by atoms with E-state index < -0.39 is 33.5 Å². The molecule has 0 radical (unpaired) electrons. The van der Waals surface area contributed by atoms with Crippen LogP contribution in [0, 0.1) is 15.9 Å². The summed E-state index contributed by atoms with van der Waals surface area (Å²) in [6.07, 6.45) is -4.91. The molecule has 0 heterocycles. The molecular formula is C8H3ClF4N2O2. The van der Waals surface area contributed by atoms with Crippen LogP contribution in [0.4, 0.5) is 28.9 Å². The number of rotatable bonds is 2. The largest absolute Gasteiger partial charge is 0.444 e. The van der Waals surface area contributed by atoms with Crippen LogP contribution < -0.4 is 0 Å². The quantitative estimate of drug-likeness (QED) is 0.357. The number of nitro benzene ring substituents is 1. The van der Waals surface area contributed by atoms with Gasteiger partial charge in [0, 0.05) is 0 Å². The predicted molar refractivity (Wildman–Crippen MR) is 52.1 cm³/mol. The Morgan fingerprint density at radius 2 is 2.00 bits per heavy atom. The van der Waals surface area contributed by atoms with Gasteiger partial charge < -0.3 is 0 Å². The lowest BCUT2D eigenvalue weighted by Gasteiger charge is -2.03. The number of aliphatic imine (C=N–C) groups is 1. The molecule has 0 N–H and O–H groups in total. The molecule has 1 aromatic rings. The van der Waals surface area contributed by atoms with E-state index >= 15 is 0 Å². The van der Waals surface area contributed by atoms with Crippen molar-refractivity contribution in [3.8, 4) is 0 Å². The molecule has 1 aromatic carbocycles. The minimum Gasteiger partial charge on any atom is -0.258 e. The summed E-state index contributed by atoms with van der Waals surface area (Å²) in [6, 6.07) is 1.94. The summed E-state index contributed by atoms with van der Waals surface area (Å²) in [5.74, 6) is -0.959. The summed E-state index contributed by atoms with van der Waals surface area (Å²) in [7, 11) is 0. The average molecular weight is 271 g/mol. The monoisotopic (exact) mass is 270 g/mol. The van der Waals surface area contributed by atoms with Crippen molar-refractivity contribution in [2.45, 2.75) is 6.18 Å². The van der Waals surface area contributed by atoms with Crippen LogP contribution in [0.3, 0.4) is 0 Å². The highest BCUT2D eigenvalue weighted by atomic mass is 35.5. The third-order valence-electron chi connectivity index (χ3n) is 1.59. The van der Waals surface area contributed by atoms with E-state index in [1.807, 2.05) is 0 Å². The molecule has 17 heavy (non-hydrogen) atoms. The van der Waals surface area contributed by atoms with Gasteiger partial charge in [-0.3, -0.25) is 10.1 Å². The number of halogens is 5. The minimum absolute atomic E-state index is 0.458. The van der Waals surface area contributed by atoms with Crippen LogP contribution in [0.15, 0.2) is 23.2 Å². The molecule has 0 bridgehead atoms. The Balaban J connectivity index is 3.28. The summed E-state index contributed by atoms with van der Waals surface area (Å²) in [5.41, 5.74) is -1.56. The molecular weight excluding hydrogens is 268 g/mol. The Morgan fingerprint density at radius 1 is 1.41 bits per heavy atom. The van der Waals surface area contributed by atoms with Gasteiger partial charge in [-0.15, -0.1) is 0 Å². The summed E-state index contributed by atoms with van der Waals surface area (Å²) in [4.78, 5) is 12.2. The lowest BCUT2D eigenvalue weighted by molar-refractivity contribution is -0.384. The first-order valence-electron chi connectivity index (χ1n) is 3.97. The molecule has 0 saturated carbocycles. The first-order chi connectivity index (χ1) is 7.71. The molecule has 0 atom stereocenters. The molecule has 0 amide bonds. The van der Waals surface area contributed by atoms with Gasteiger partial charge in [0.1, 0.15) is 11.5 Å². The van der Waals surface area contributed by atoms with Crippen LogP contribution in [0.5, 0.6) is 0 Å². The van der Waals surface area contributed by atoms with Gasteiger partial charge in [0.25, 0.3) is 5.69 Å². The number of alkyl halides is 3. The number of hydrogen-bond donors (Lipinski definition) is 0. The second-order valence-electron chi connectivity index (χ2n) is 2.79. The molecule has 0 spiro atoms. The highest BCUT2D eigenvalue weighted by Crippen LogP contribution is 2.31. The van der Waals surface area contributed by atoms with Crippen molar-refractivity contribution in [2.75, 3.05) is 0 Å². The van der Waals surface area contributed by atoms with E-state index in [-0.39, 0.29) is 0 Å². The van der Waals surface area contributed by atoms with Gasteiger partial charge in [-0.05, 0) is 12.1 Å². The van der Waals surface area contributed by atoms with E-state index in [2.05, 4.69) is 4.99 Å². The van der Waals surface area contributed by atoms with E-state index in [0.29, 0.717) is 6.07 Å². The van der Waals surface area contributed by atoms with Crippen LogP contribution >= 0.6 is 11.6 Å². The molecule has 0 saturated heterocycles. The molecule has 1 rings (SSSR count). The first kappa shape index (κ1) is 13.4. The fourth-order valence-electron chi connectivity index (χ4n) is 0.907. The SMILES string of the molecule is O=[N+]([O-])c1cc(F)ccc1N=C(Cl)C(F)(F)F. The number of hydrogen-bond acceptors (Lipinski definition) is 3. The molecule has 0 aliphatic rings. The topological polar surface area (TPSA) is 55.5 Å². The number of nitro groups is 1. The smallest absolute Gasteiger partial charge is 0.258 e. The van der Waals surface area contributed by atoms with E-state index in [1.165, 1.54) is 0 Å². The maximum atomic E-state index is 12.7. The van der Waals surface area contributed by atoms with Gasteiger partial charge in [-0.1, -0.05) is 11.6 Å². The second kappa shape index (κ2) is 4.66. The Hall–Kier alpha value is -1.70. The molecule has 0 aliphatic heterocycles. The van der Waals surface area contributed by atoms with Crippen LogP contribution in [-0.2, 0) is 0 Å². The third-order valence-corrected chi connectivity index (χ3v) is 1.89. The highest BCUT2D eigenvalue weighted by molar-refractivity contribution is 6.67. The van der Waals surface area contributed by atoms with Gasteiger partial charge in [0.2, 0.25) is 5.17 Å². The van der Waals surface area contributed by atoms with Crippen molar-refractivity contribution in [1.82, 2.24) is 0 Å². The van der Waals surface area contributed by atoms with Gasteiger partial charge in [0.05, 0.1) is 11.0 Å². The van der Waals surface area contributed by atoms with E-state index in [9.17, 15) is 27.7 Å². The zero-order chi connectivity index (χ0) is 13.2. The Labute approximate surface area is 96.7 Å². The van der Waals surface area contributed by atoms with Crippen LogP contribution in [-0.4, -0.2) is 16.3 Å². The molecule has 4 nitrogen and oxygen atoms in total. The maximum Gasteiger partial charge on any atom is 0.444 e.